The van der Waals surface area contributed by atoms with Crippen LogP contribution in [0.4, 0.5) is 0 Å². The number of imidazole rings is 1. The fraction of sp³-hybridized carbons (Fsp3) is 0.700. The van der Waals surface area contributed by atoms with E-state index in [4.69, 9.17) is 17.0 Å². The summed E-state index contributed by atoms with van der Waals surface area (Å²) < 4.78 is 8.21. The molecular weight excluding hydrogens is 226 g/mol. The first-order valence-corrected chi connectivity index (χ1v) is 5.79. The van der Waals surface area contributed by atoms with Gasteiger partial charge in [-0.3, -0.25) is 0 Å². The third-order valence-electron chi connectivity index (χ3n) is 2.84. The van der Waals surface area contributed by atoms with E-state index in [1.807, 2.05) is 4.57 Å². The highest BCUT2D eigenvalue weighted by Gasteiger charge is 2.19. The molecule has 1 fully saturated rings. The zero-order valence-corrected chi connectivity index (χ0v) is 10.2. The summed E-state index contributed by atoms with van der Waals surface area (Å²) in [5, 5.41) is 9.17. The first kappa shape index (κ1) is 11.8. The van der Waals surface area contributed by atoms with Gasteiger partial charge in [0.05, 0.1) is 31.6 Å². The number of morpholine rings is 1. The Hall–Kier alpha value is -0.690. The zero-order chi connectivity index (χ0) is 11.5. The Morgan fingerprint density at radius 3 is 3.19 bits per heavy atom. The number of nitrogens with zero attached hydrogens (tertiary/aromatic N) is 2. The predicted molar refractivity (Wildman–Crippen MR) is 62.8 cm³/mol. The van der Waals surface area contributed by atoms with Crippen LogP contribution >= 0.6 is 12.2 Å². The fourth-order valence-electron chi connectivity index (χ4n) is 1.94. The Balaban J connectivity index is 2.07. The highest BCUT2D eigenvalue weighted by molar-refractivity contribution is 7.71. The van der Waals surface area contributed by atoms with Gasteiger partial charge in [0.1, 0.15) is 0 Å². The van der Waals surface area contributed by atoms with Crippen LogP contribution in [0.1, 0.15) is 5.69 Å². The van der Waals surface area contributed by atoms with Crippen LogP contribution in [0.15, 0.2) is 6.20 Å². The maximum atomic E-state index is 9.17. The summed E-state index contributed by atoms with van der Waals surface area (Å²) >= 11 is 5.16. The van der Waals surface area contributed by atoms with Gasteiger partial charge >= 0.3 is 0 Å². The van der Waals surface area contributed by atoms with E-state index in [0.29, 0.717) is 11.3 Å². The van der Waals surface area contributed by atoms with E-state index >= 15 is 0 Å². The Morgan fingerprint density at radius 2 is 2.50 bits per heavy atom. The molecule has 90 valence electrons. The third-order valence-corrected chi connectivity index (χ3v) is 3.18. The molecule has 0 aliphatic carbocycles. The van der Waals surface area contributed by atoms with Crippen molar-refractivity contribution >= 4 is 12.2 Å². The quantitative estimate of drug-likeness (QED) is 0.753. The van der Waals surface area contributed by atoms with E-state index in [-0.39, 0.29) is 12.7 Å². The molecule has 1 aromatic heterocycles. The average molecular weight is 243 g/mol. The number of nitrogens with one attached hydrogen (secondary N) is 1. The summed E-state index contributed by atoms with van der Waals surface area (Å²) in [5.74, 6) is 0. The van der Waals surface area contributed by atoms with Crippen molar-refractivity contribution in [3.63, 3.8) is 0 Å². The number of hydrogen-bond donors (Lipinski definition) is 2. The minimum atomic E-state index is -0.00427. The molecule has 0 spiro atoms. The van der Waals surface area contributed by atoms with Gasteiger partial charge in [0.2, 0.25) is 0 Å². The first-order chi connectivity index (χ1) is 7.70. The lowest BCUT2D eigenvalue weighted by atomic mass is 10.3. The predicted octanol–water partition coefficient (Wildman–Crippen LogP) is 0.369. The van der Waals surface area contributed by atoms with E-state index < -0.39 is 0 Å². The number of aromatic nitrogens is 2. The van der Waals surface area contributed by atoms with Gasteiger partial charge in [-0.05, 0) is 19.3 Å². The van der Waals surface area contributed by atoms with Crippen molar-refractivity contribution in [3.8, 4) is 0 Å². The fourth-order valence-corrected chi connectivity index (χ4v) is 2.19. The Labute approximate surface area is 99.6 Å². The van der Waals surface area contributed by atoms with Gasteiger partial charge in [0, 0.05) is 19.3 Å². The highest BCUT2D eigenvalue weighted by Crippen LogP contribution is 2.09. The maximum Gasteiger partial charge on any atom is 0.177 e. The minimum Gasteiger partial charge on any atom is -0.390 e. The van der Waals surface area contributed by atoms with Crippen LogP contribution in [0.5, 0.6) is 0 Å². The largest absolute Gasteiger partial charge is 0.390 e. The van der Waals surface area contributed by atoms with Gasteiger partial charge < -0.3 is 24.3 Å². The molecule has 16 heavy (non-hydrogen) atoms. The standard InChI is InChI=1S/C10H17N3O2S/c1-12-2-3-15-9(5-12)6-13-8(7-14)4-11-10(13)16/h4,9,14H,2-3,5-7H2,1H3,(H,11,16). The Bertz CT molecular complexity index is 401. The van der Waals surface area contributed by atoms with E-state index in [9.17, 15) is 5.11 Å². The number of H-pyrrole nitrogens is 1. The number of likely N-dealkylation sites (N-methyl/N-ethyl adjacent to an activating group) is 1. The van der Waals surface area contributed by atoms with Crippen molar-refractivity contribution < 1.29 is 9.84 Å². The molecule has 2 N–H and O–H groups in total. The second-order valence-electron chi connectivity index (χ2n) is 4.11. The molecule has 1 aliphatic rings. The summed E-state index contributed by atoms with van der Waals surface area (Å²) in [7, 11) is 2.08. The van der Waals surface area contributed by atoms with Crippen molar-refractivity contribution in [2.75, 3.05) is 26.7 Å². The molecule has 0 bridgehead atoms. The monoisotopic (exact) mass is 243 g/mol. The van der Waals surface area contributed by atoms with Gasteiger partial charge in [-0.25, -0.2) is 0 Å². The van der Waals surface area contributed by atoms with Crippen molar-refractivity contribution in [1.82, 2.24) is 14.5 Å². The van der Waals surface area contributed by atoms with E-state index in [1.165, 1.54) is 0 Å². The van der Waals surface area contributed by atoms with E-state index in [1.54, 1.807) is 6.20 Å². The number of ether oxygens (including phenoxy) is 1. The van der Waals surface area contributed by atoms with Crippen molar-refractivity contribution in [3.05, 3.63) is 16.7 Å². The van der Waals surface area contributed by atoms with Crippen LogP contribution < -0.4 is 0 Å². The molecule has 0 amide bonds. The van der Waals surface area contributed by atoms with Crippen LogP contribution in [0.25, 0.3) is 0 Å². The van der Waals surface area contributed by atoms with Gasteiger partial charge in [-0.1, -0.05) is 0 Å². The van der Waals surface area contributed by atoms with E-state index in [2.05, 4.69) is 16.9 Å². The molecule has 1 saturated heterocycles. The molecule has 2 heterocycles. The SMILES string of the molecule is CN1CCOC(Cn2c(CO)c[nH]c2=S)C1. The van der Waals surface area contributed by atoms with E-state index in [0.717, 1.165) is 25.4 Å². The zero-order valence-electron chi connectivity index (χ0n) is 9.35. The van der Waals surface area contributed by atoms with Crippen LogP contribution in [-0.4, -0.2) is 52.4 Å². The minimum absolute atomic E-state index is 0.00427. The molecule has 1 aromatic rings. The molecule has 0 radical (unpaired) electrons. The van der Waals surface area contributed by atoms with Crippen LogP contribution in [-0.2, 0) is 17.9 Å². The van der Waals surface area contributed by atoms with Crippen LogP contribution in [0, 0.1) is 4.77 Å². The summed E-state index contributed by atoms with van der Waals surface area (Å²) in [6.07, 6.45) is 1.89. The lowest BCUT2D eigenvalue weighted by Crippen LogP contribution is -2.42. The number of aromatic amines is 1. The molecule has 6 heteroatoms. The highest BCUT2D eigenvalue weighted by atomic mass is 32.1. The normalized spacial score (nSPS) is 22.5. The smallest absolute Gasteiger partial charge is 0.177 e. The second-order valence-corrected chi connectivity index (χ2v) is 4.50. The molecule has 0 saturated carbocycles. The third kappa shape index (κ3) is 2.52. The molecular formula is C10H17N3O2S. The Kier molecular flexibility index (Phi) is 3.75. The lowest BCUT2D eigenvalue weighted by molar-refractivity contribution is -0.0282. The molecule has 5 nitrogen and oxygen atoms in total. The number of aliphatic hydroxyl groups is 1. The molecule has 1 unspecified atom stereocenters. The van der Waals surface area contributed by atoms with Crippen LogP contribution in [0.3, 0.4) is 0 Å². The number of hydrogen-bond acceptors (Lipinski definition) is 4. The molecule has 1 aliphatic heterocycles. The number of rotatable bonds is 3. The summed E-state index contributed by atoms with van der Waals surface area (Å²) in [6, 6.07) is 0. The van der Waals surface area contributed by atoms with Crippen molar-refractivity contribution in [2.45, 2.75) is 19.3 Å². The molecule has 2 rings (SSSR count). The maximum absolute atomic E-state index is 9.17. The van der Waals surface area contributed by atoms with Gasteiger partial charge in [-0.2, -0.15) is 0 Å². The summed E-state index contributed by atoms with van der Waals surface area (Å²) in [4.78, 5) is 5.18. The van der Waals surface area contributed by atoms with Crippen molar-refractivity contribution in [2.24, 2.45) is 0 Å². The van der Waals surface area contributed by atoms with Gasteiger partial charge in [0.25, 0.3) is 0 Å². The summed E-state index contributed by atoms with van der Waals surface area (Å²) in [5.41, 5.74) is 0.807. The summed E-state index contributed by atoms with van der Waals surface area (Å²) in [6.45, 7) is 3.32. The second kappa shape index (κ2) is 5.09. The number of aliphatic hydroxyl groups excluding tert-OH is 1. The topological polar surface area (TPSA) is 53.4 Å². The first-order valence-electron chi connectivity index (χ1n) is 5.39. The van der Waals surface area contributed by atoms with Crippen LogP contribution in [0.2, 0.25) is 0 Å². The molecule has 0 aromatic carbocycles. The van der Waals surface area contributed by atoms with Gasteiger partial charge in [0.15, 0.2) is 4.77 Å². The average Bonchev–Trinajstić information content (AvgIpc) is 2.60. The Morgan fingerprint density at radius 1 is 1.69 bits per heavy atom. The molecule has 1 atom stereocenters. The van der Waals surface area contributed by atoms with Gasteiger partial charge in [-0.15, -0.1) is 0 Å². The van der Waals surface area contributed by atoms with Crippen molar-refractivity contribution in [1.29, 1.82) is 0 Å². The lowest BCUT2D eigenvalue weighted by Gasteiger charge is -2.30.